The minimum atomic E-state index is -0.794. The molecule has 1 aliphatic rings. The summed E-state index contributed by atoms with van der Waals surface area (Å²) in [7, 11) is 0. The van der Waals surface area contributed by atoms with Crippen molar-refractivity contribution >= 4 is 5.97 Å². The van der Waals surface area contributed by atoms with Gasteiger partial charge in [0.1, 0.15) is 0 Å². The minimum Gasteiger partial charge on any atom is -0.460 e. The zero-order valence-electron chi connectivity index (χ0n) is 17.5. The number of cyclic esters (lactones) is 1. The highest BCUT2D eigenvalue weighted by atomic mass is 16.5. The van der Waals surface area contributed by atoms with Crippen molar-refractivity contribution in [1.82, 2.24) is 0 Å². The lowest BCUT2D eigenvalue weighted by molar-refractivity contribution is -0.142. The van der Waals surface area contributed by atoms with Gasteiger partial charge in [-0.15, -0.1) is 0 Å². The van der Waals surface area contributed by atoms with Crippen LogP contribution in [0.15, 0.2) is 72.9 Å². The van der Waals surface area contributed by atoms with Crippen LogP contribution in [0.3, 0.4) is 0 Å². The summed E-state index contributed by atoms with van der Waals surface area (Å²) in [6.45, 7) is 1.76. The van der Waals surface area contributed by atoms with Crippen LogP contribution in [0.1, 0.15) is 39.0 Å². The first-order valence-corrected chi connectivity index (χ1v) is 10.3. The van der Waals surface area contributed by atoms with E-state index in [1.807, 2.05) is 0 Å². The number of aliphatic hydroxyl groups is 4. The smallest absolute Gasteiger partial charge is 0.331 e. The lowest BCUT2D eigenvalue weighted by Crippen LogP contribution is -2.15. The average molecular weight is 419 g/mol. The molecule has 1 unspecified atom stereocenters. The van der Waals surface area contributed by atoms with Crippen LogP contribution in [-0.2, 0) is 9.53 Å². The third kappa shape index (κ3) is 13.8. The monoisotopic (exact) mass is 418 g/mol. The van der Waals surface area contributed by atoms with Gasteiger partial charge in [0.05, 0.1) is 30.5 Å². The normalized spacial score (nSPS) is 37.1. The van der Waals surface area contributed by atoms with Gasteiger partial charge in [-0.2, -0.15) is 0 Å². The largest absolute Gasteiger partial charge is 0.460 e. The third-order valence-electron chi connectivity index (χ3n) is 4.32. The molecule has 0 amide bonds. The molecule has 0 fully saturated rings. The molecule has 4 N–H and O–H groups in total. The summed E-state index contributed by atoms with van der Waals surface area (Å²) in [5, 5.41) is 39.7. The molecule has 0 aromatic carbocycles. The Kier molecular flexibility index (Phi) is 13.4. The second-order valence-corrected chi connectivity index (χ2v) is 7.26. The quantitative estimate of drug-likeness (QED) is 0.451. The lowest BCUT2D eigenvalue weighted by Gasteiger charge is -2.13. The van der Waals surface area contributed by atoms with Gasteiger partial charge in [-0.3, -0.25) is 0 Å². The van der Waals surface area contributed by atoms with E-state index < -0.39 is 30.4 Å². The van der Waals surface area contributed by atoms with Crippen LogP contribution in [0.25, 0.3) is 0 Å². The number of aliphatic hydroxyl groups excluding tert-OH is 4. The van der Waals surface area contributed by atoms with Crippen LogP contribution < -0.4 is 0 Å². The van der Waals surface area contributed by atoms with E-state index in [2.05, 4.69) is 0 Å². The molecule has 0 aromatic heterocycles. The number of rotatable bonds is 0. The van der Waals surface area contributed by atoms with Crippen molar-refractivity contribution in [1.29, 1.82) is 0 Å². The number of carbonyl (C=O) groups excluding carboxylic acids is 1. The van der Waals surface area contributed by atoms with Crippen LogP contribution >= 0.6 is 0 Å². The number of hydrogen-bond donors (Lipinski definition) is 4. The number of esters is 1. The van der Waals surface area contributed by atoms with Crippen molar-refractivity contribution in [2.24, 2.45) is 0 Å². The van der Waals surface area contributed by atoms with Gasteiger partial charge in [-0.05, 0) is 32.6 Å². The number of ether oxygens (including phenoxy) is 1. The predicted molar refractivity (Wildman–Crippen MR) is 118 cm³/mol. The second-order valence-electron chi connectivity index (χ2n) is 7.26. The van der Waals surface area contributed by atoms with Gasteiger partial charge in [0.15, 0.2) is 0 Å². The zero-order chi connectivity index (χ0) is 22.2. The Bertz CT molecular complexity index is 659. The van der Waals surface area contributed by atoms with Crippen molar-refractivity contribution < 1.29 is 30.0 Å². The van der Waals surface area contributed by atoms with Gasteiger partial charge >= 0.3 is 5.97 Å². The fourth-order valence-electron chi connectivity index (χ4n) is 2.65. The summed E-state index contributed by atoms with van der Waals surface area (Å²) in [6, 6.07) is 0. The molecule has 0 aliphatic carbocycles. The van der Waals surface area contributed by atoms with Gasteiger partial charge in [0.25, 0.3) is 0 Å². The Morgan fingerprint density at radius 2 is 1.37 bits per heavy atom. The van der Waals surface area contributed by atoms with Crippen LogP contribution in [0.4, 0.5) is 0 Å². The summed E-state index contributed by atoms with van der Waals surface area (Å²) in [6.07, 6.45) is 18.3. The molecule has 1 heterocycles. The fraction of sp³-hybridized carbons (Fsp3) is 0.458. The van der Waals surface area contributed by atoms with Crippen molar-refractivity contribution in [3.63, 3.8) is 0 Å². The van der Waals surface area contributed by atoms with E-state index >= 15 is 0 Å². The Morgan fingerprint density at radius 3 is 2.13 bits per heavy atom. The highest BCUT2D eigenvalue weighted by molar-refractivity contribution is 5.82. The van der Waals surface area contributed by atoms with E-state index in [0.717, 1.165) is 0 Å². The first kappa shape index (κ1) is 25.8. The Balaban J connectivity index is 2.73. The Morgan fingerprint density at radius 1 is 0.767 bits per heavy atom. The van der Waals surface area contributed by atoms with E-state index in [1.165, 1.54) is 6.08 Å². The molecule has 5 atom stereocenters. The molecule has 0 saturated carbocycles. The molecule has 166 valence electrons. The first-order valence-electron chi connectivity index (χ1n) is 10.3. The van der Waals surface area contributed by atoms with Crippen LogP contribution in [-0.4, -0.2) is 56.9 Å². The van der Waals surface area contributed by atoms with Gasteiger partial charge in [-0.1, -0.05) is 66.8 Å². The molecule has 30 heavy (non-hydrogen) atoms. The molecule has 6 nitrogen and oxygen atoms in total. The molecule has 6 heteroatoms. The minimum absolute atomic E-state index is 0.199. The van der Waals surface area contributed by atoms with Gasteiger partial charge < -0.3 is 25.2 Å². The fourth-order valence-corrected chi connectivity index (χ4v) is 2.65. The third-order valence-corrected chi connectivity index (χ3v) is 4.32. The summed E-state index contributed by atoms with van der Waals surface area (Å²) in [5.74, 6) is -0.462. The molecule has 0 saturated heterocycles. The van der Waals surface area contributed by atoms with Crippen LogP contribution in [0.2, 0.25) is 0 Å². The second kappa shape index (κ2) is 15.6. The maximum Gasteiger partial charge on any atom is 0.331 e. The van der Waals surface area contributed by atoms with Gasteiger partial charge in [0, 0.05) is 12.5 Å². The number of hydrogen-bond acceptors (Lipinski definition) is 6. The van der Waals surface area contributed by atoms with Crippen LogP contribution in [0.5, 0.6) is 0 Å². The maximum atomic E-state index is 11.8. The zero-order valence-corrected chi connectivity index (χ0v) is 17.5. The summed E-state index contributed by atoms with van der Waals surface area (Å²) in [4.78, 5) is 11.8. The average Bonchev–Trinajstić information content (AvgIpc) is 2.68. The lowest BCUT2D eigenvalue weighted by atomic mass is 10.1. The SMILES string of the molecule is CC1CC[C@@H](O)/C=C/C=C/[C@H](O)C[C@@H](O)C/C=C\C=C\[C@@H](O)C/C=C/C=C\C(=O)O1. The number of carbonyl (C=O) groups is 1. The molecular formula is C24H34O6. The Labute approximate surface area is 178 Å². The molecule has 0 aromatic rings. The molecule has 0 bridgehead atoms. The molecule has 0 spiro atoms. The van der Waals surface area contributed by atoms with Crippen molar-refractivity contribution in [3.8, 4) is 0 Å². The molecule has 1 rings (SSSR count). The van der Waals surface area contributed by atoms with Gasteiger partial charge in [-0.25, -0.2) is 4.79 Å². The summed E-state index contributed by atoms with van der Waals surface area (Å²) >= 11 is 0. The standard InChI is InChI=1S/C24H34O6/c1-19-16-17-21(26)12-8-9-14-23(28)18-22(27)13-6-2-4-10-20(25)11-5-3-7-15-24(29)30-19/h2-10,12,14-15,19-23,25-28H,11,13,16-18H2,1H3/b5-3+,6-2-,10-4+,12-8+,14-9+,15-7-/t19?,20-,21+,22+,23+/m1/s1. The van der Waals surface area contributed by atoms with E-state index in [4.69, 9.17) is 4.74 Å². The van der Waals surface area contributed by atoms with Crippen LogP contribution in [0, 0.1) is 0 Å². The summed E-state index contributed by atoms with van der Waals surface area (Å²) < 4.78 is 5.25. The van der Waals surface area contributed by atoms with E-state index in [0.29, 0.717) is 25.7 Å². The predicted octanol–water partition coefficient (Wildman–Crippen LogP) is 2.66. The van der Waals surface area contributed by atoms with E-state index in [1.54, 1.807) is 73.8 Å². The topological polar surface area (TPSA) is 107 Å². The van der Waals surface area contributed by atoms with Crippen molar-refractivity contribution in [3.05, 3.63) is 72.9 Å². The van der Waals surface area contributed by atoms with Gasteiger partial charge in [0.2, 0.25) is 0 Å². The molecular weight excluding hydrogens is 384 g/mol. The van der Waals surface area contributed by atoms with E-state index in [-0.39, 0.29) is 12.5 Å². The van der Waals surface area contributed by atoms with Crippen molar-refractivity contribution in [2.45, 2.75) is 69.5 Å². The molecule has 0 radical (unpaired) electrons. The highest BCUT2D eigenvalue weighted by Crippen LogP contribution is 2.08. The van der Waals surface area contributed by atoms with E-state index in [9.17, 15) is 25.2 Å². The highest BCUT2D eigenvalue weighted by Gasteiger charge is 2.09. The number of allylic oxidation sites excluding steroid dienone is 6. The molecule has 1 aliphatic heterocycles. The maximum absolute atomic E-state index is 11.8. The first-order chi connectivity index (χ1) is 14.4. The van der Waals surface area contributed by atoms with Crippen molar-refractivity contribution in [2.75, 3.05) is 0 Å². The Hall–Kier alpha value is -2.25. The summed E-state index contributed by atoms with van der Waals surface area (Å²) in [5.41, 5.74) is 0.